The monoisotopic (exact) mass is 355 g/mol. The van der Waals surface area contributed by atoms with Crippen molar-refractivity contribution >= 4 is 28.5 Å². The van der Waals surface area contributed by atoms with E-state index in [9.17, 15) is 9.59 Å². The molecule has 0 atom stereocenters. The zero-order valence-corrected chi connectivity index (χ0v) is 14.9. The zero-order valence-electron chi connectivity index (χ0n) is 14.9. The molecule has 26 heavy (non-hydrogen) atoms. The number of carbonyl (C=O) groups excluding carboxylic acids is 2. The highest BCUT2D eigenvalue weighted by atomic mass is 16.5. The molecular formula is C20H25N3O3. The van der Waals surface area contributed by atoms with Crippen molar-refractivity contribution in [1.82, 2.24) is 4.98 Å². The molecule has 1 aromatic carbocycles. The quantitative estimate of drug-likeness (QED) is 0.772. The normalized spacial score (nSPS) is 15.2. The third-order valence-electron chi connectivity index (χ3n) is 4.95. The molecule has 1 aliphatic rings. The molecule has 1 fully saturated rings. The number of hydrogen-bond acceptors (Lipinski definition) is 5. The summed E-state index contributed by atoms with van der Waals surface area (Å²) in [5.41, 5.74) is 7.24. The lowest BCUT2D eigenvalue weighted by molar-refractivity contribution is -0.147. The van der Waals surface area contributed by atoms with E-state index in [-0.39, 0.29) is 12.6 Å². The van der Waals surface area contributed by atoms with Gasteiger partial charge in [0.25, 0.3) is 5.91 Å². The van der Waals surface area contributed by atoms with Crippen molar-refractivity contribution in [3.63, 3.8) is 0 Å². The first-order valence-corrected chi connectivity index (χ1v) is 9.16. The highest BCUT2D eigenvalue weighted by molar-refractivity contribution is 5.91. The molecule has 3 rings (SSSR count). The third kappa shape index (κ3) is 4.71. The molecule has 0 bridgehead atoms. The van der Waals surface area contributed by atoms with E-state index in [0.29, 0.717) is 12.3 Å². The Kier molecular flexibility index (Phi) is 6.04. The second-order valence-electron chi connectivity index (χ2n) is 6.80. The summed E-state index contributed by atoms with van der Waals surface area (Å²) < 4.78 is 4.78. The van der Waals surface area contributed by atoms with Crippen LogP contribution < -0.4 is 10.6 Å². The second kappa shape index (κ2) is 8.65. The molecular weight excluding hydrogens is 330 g/mol. The topological polar surface area (TPSA) is 85.5 Å². The lowest BCUT2D eigenvalue weighted by Crippen LogP contribution is -2.33. The van der Waals surface area contributed by atoms with Gasteiger partial charge >= 0.3 is 5.97 Å². The van der Waals surface area contributed by atoms with E-state index in [0.717, 1.165) is 44.3 Å². The number of amides is 1. The van der Waals surface area contributed by atoms with Crippen molar-refractivity contribution < 1.29 is 14.3 Å². The van der Waals surface area contributed by atoms with Crippen LogP contribution in [-0.4, -0.2) is 36.6 Å². The van der Waals surface area contributed by atoms with Gasteiger partial charge in [-0.15, -0.1) is 0 Å². The lowest BCUT2D eigenvalue weighted by Gasteiger charge is -2.34. The molecule has 138 valence electrons. The van der Waals surface area contributed by atoms with Crippen LogP contribution in [0.4, 0.5) is 5.69 Å². The number of hydrogen-bond donors (Lipinski definition) is 1. The number of nitrogens with zero attached hydrogens (tertiary/aromatic N) is 2. The molecule has 0 radical (unpaired) electrons. The summed E-state index contributed by atoms with van der Waals surface area (Å²) in [5, 5.41) is 1.20. The van der Waals surface area contributed by atoms with Gasteiger partial charge in [0, 0.05) is 36.8 Å². The summed E-state index contributed by atoms with van der Waals surface area (Å²) in [4.78, 5) is 29.0. The molecule has 0 saturated carbocycles. The molecule has 0 aliphatic carbocycles. The SMILES string of the molecule is NC(=O)COC(=O)CCCC1CCN(c2ccnc3ccccc23)CC1. The zero-order chi connectivity index (χ0) is 18.4. The van der Waals surface area contributed by atoms with Gasteiger partial charge in [0.2, 0.25) is 0 Å². The minimum Gasteiger partial charge on any atom is -0.456 e. The molecule has 6 nitrogen and oxygen atoms in total. The third-order valence-corrected chi connectivity index (χ3v) is 4.95. The van der Waals surface area contributed by atoms with Crippen molar-refractivity contribution in [2.24, 2.45) is 11.7 Å². The highest BCUT2D eigenvalue weighted by Crippen LogP contribution is 2.30. The van der Waals surface area contributed by atoms with Crippen molar-refractivity contribution in [3.05, 3.63) is 36.5 Å². The van der Waals surface area contributed by atoms with Gasteiger partial charge in [0.15, 0.2) is 6.61 Å². The maximum absolute atomic E-state index is 11.5. The Balaban J connectivity index is 1.46. The van der Waals surface area contributed by atoms with Gasteiger partial charge in [-0.25, -0.2) is 0 Å². The van der Waals surface area contributed by atoms with Crippen LogP contribution >= 0.6 is 0 Å². The van der Waals surface area contributed by atoms with Gasteiger partial charge in [-0.3, -0.25) is 14.6 Å². The predicted octanol–water partition coefficient (Wildman–Crippen LogP) is 2.65. The van der Waals surface area contributed by atoms with Gasteiger partial charge in [-0.05, 0) is 43.7 Å². The number of ether oxygens (including phenoxy) is 1. The van der Waals surface area contributed by atoms with Crippen LogP contribution in [0.15, 0.2) is 36.5 Å². The number of nitrogens with two attached hydrogens (primary N) is 1. The van der Waals surface area contributed by atoms with Crippen LogP contribution in [0.5, 0.6) is 0 Å². The maximum Gasteiger partial charge on any atom is 0.306 e. The summed E-state index contributed by atoms with van der Waals surface area (Å²) in [7, 11) is 0. The summed E-state index contributed by atoms with van der Waals surface area (Å²) in [6.45, 7) is 1.71. The van der Waals surface area contributed by atoms with Crippen molar-refractivity contribution in [2.45, 2.75) is 32.1 Å². The van der Waals surface area contributed by atoms with E-state index in [1.165, 1.54) is 11.1 Å². The summed E-state index contributed by atoms with van der Waals surface area (Å²) in [6, 6.07) is 10.3. The number of aromatic nitrogens is 1. The highest BCUT2D eigenvalue weighted by Gasteiger charge is 2.21. The van der Waals surface area contributed by atoms with Crippen LogP contribution in [0.2, 0.25) is 0 Å². The molecule has 0 spiro atoms. The number of piperidine rings is 1. The number of rotatable bonds is 7. The van der Waals surface area contributed by atoms with E-state index < -0.39 is 5.91 Å². The Labute approximate surface area is 153 Å². The first kappa shape index (κ1) is 18.2. The van der Waals surface area contributed by atoms with E-state index in [1.54, 1.807) is 0 Å². The number of primary amides is 1. The van der Waals surface area contributed by atoms with Gasteiger partial charge in [-0.1, -0.05) is 18.2 Å². The Morgan fingerprint density at radius 2 is 1.96 bits per heavy atom. The first-order chi connectivity index (χ1) is 12.6. The predicted molar refractivity (Wildman–Crippen MR) is 101 cm³/mol. The molecule has 2 N–H and O–H groups in total. The van der Waals surface area contributed by atoms with E-state index in [4.69, 9.17) is 10.5 Å². The average molecular weight is 355 g/mol. The first-order valence-electron chi connectivity index (χ1n) is 9.16. The minimum atomic E-state index is -0.616. The number of benzene rings is 1. The van der Waals surface area contributed by atoms with Crippen LogP contribution in [0, 0.1) is 5.92 Å². The van der Waals surface area contributed by atoms with Gasteiger partial charge in [0.1, 0.15) is 0 Å². The molecule has 1 amide bonds. The lowest BCUT2D eigenvalue weighted by atomic mass is 9.91. The number of fused-ring (bicyclic) bond motifs is 1. The molecule has 1 aromatic heterocycles. The maximum atomic E-state index is 11.5. The molecule has 2 aromatic rings. The van der Waals surface area contributed by atoms with Crippen molar-refractivity contribution in [1.29, 1.82) is 0 Å². The number of esters is 1. The van der Waals surface area contributed by atoms with Gasteiger partial charge < -0.3 is 15.4 Å². The van der Waals surface area contributed by atoms with Crippen LogP contribution in [0.3, 0.4) is 0 Å². The fourth-order valence-electron chi connectivity index (χ4n) is 3.58. The Bertz CT molecular complexity index is 764. The molecule has 0 unspecified atom stereocenters. The standard InChI is InChI=1S/C20H25N3O3/c21-19(24)14-26-20(25)7-3-4-15-9-12-23(13-10-15)18-8-11-22-17-6-2-1-5-16(17)18/h1-2,5-6,8,11,15H,3-4,7,9-10,12-14H2,(H2,21,24). The molecule has 1 saturated heterocycles. The van der Waals surface area contributed by atoms with Gasteiger partial charge in [-0.2, -0.15) is 0 Å². The summed E-state index contributed by atoms with van der Waals surface area (Å²) in [6.07, 6.45) is 6.26. The number of para-hydroxylation sites is 1. The fraction of sp³-hybridized carbons (Fsp3) is 0.450. The van der Waals surface area contributed by atoms with E-state index in [1.807, 2.05) is 18.3 Å². The largest absolute Gasteiger partial charge is 0.456 e. The average Bonchev–Trinajstić information content (AvgIpc) is 2.66. The Morgan fingerprint density at radius 3 is 2.73 bits per heavy atom. The van der Waals surface area contributed by atoms with E-state index >= 15 is 0 Å². The number of anilines is 1. The second-order valence-corrected chi connectivity index (χ2v) is 6.80. The van der Waals surface area contributed by atoms with Crippen molar-refractivity contribution in [3.8, 4) is 0 Å². The fourth-order valence-corrected chi connectivity index (χ4v) is 3.58. The van der Waals surface area contributed by atoms with Crippen molar-refractivity contribution in [2.75, 3.05) is 24.6 Å². The Hall–Kier alpha value is -2.63. The summed E-state index contributed by atoms with van der Waals surface area (Å²) >= 11 is 0. The smallest absolute Gasteiger partial charge is 0.306 e. The van der Waals surface area contributed by atoms with Crippen LogP contribution in [0.1, 0.15) is 32.1 Å². The molecule has 6 heteroatoms. The minimum absolute atomic E-state index is 0.322. The van der Waals surface area contributed by atoms with Crippen LogP contribution in [-0.2, 0) is 14.3 Å². The molecule has 1 aliphatic heterocycles. The van der Waals surface area contributed by atoms with Gasteiger partial charge in [0.05, 0.1) is 5.52 Å². The van der Waals surface area contributed by atoms with Crippen LogP contribution in [0.25, 0.3) is 10.9 Å². The Morgan fingerprint density at radius 1 is 1.19 bits per heavy atom. The number of carbonyl (C=O) groups is 2. The molecule has 2 heterocycles. The number of pyridine rings is 1. The summed E-state index contributed by atoms with van der Waals surface area (Å²) in [5.74, 6) is -0.331. The van der Waals surface area contributed by atoms with E-state index in [2.05, 4.69) is 28.1 Å².